The second-order valence-electron chi connectivity index (χ2n) is 10.4. The van der Waals surface area contributed by atoms with Crippen molar-refractivity contribution in [1.29, 1.82) is 0 Å². The lowest BCUT2D eigenvalue weighted by Gasteiger charge is -2.34. The Bertz CT molecular complexity index is 1040. The quantitative estimate of drug-likeness (QED) is 0.579. The van der Waals surface area contributed by atoms with Gasteiger partial charge in [-0.1, -0.05) is 24.3 Å². The number of β-amino-alcohol motifs (C(OH)–C–C–N with tert-alkyl or cyclic N) is 1. The van der Waals surface area contributed by atoms with Crippen molar-refractivity contribution >= 4 is 5.91 Å². The Morgan fingerprint density at radius 2 is 1.72 bits per heavy atom. The summed E-state index contributed by atoms with van der Waals surface area (Å²) in [6, 6.07) is 14.4. The summed E-state index contributed by atoms with van der Waals surface area (Å²) in [5.74, 6) is 0.869. The second kappa shape index (κ2) is 11.7. The minimum absolute atomic E-state index is 0.0114. The molecule has 1 fully saturated rings. The van der Waals surface area contributed by atoms with Gasteiger partial charge in [-0.3, -0.25) is 9.69 Å². The highest BCUT2D eigenvalue weighted by molar-refractivity contribution is 5.97. The number of hydrogen-bond acceptors (Lipinski definition) is 6. The van der Waals surface area contributed by atoms with Gasteiger partial charge in [-0.2, -0.15) is 0 Å². The highest BCUT2D eigenvalue weighted by atomic mass is 16.5. The van der Waals surface area contributed by atoms with Crippen LogP contribution >= 0.6 is 0 Å². The highest BCUT2D eigenvalue weighted by Crippen LogP contribution is 2.27. The predicted octanol–water partition coefficient (Wildman–Crippen LogP) is 2.59. The Hall–Kier alpha value is -2.45. The molecule has 0 bridgehead atoms. The molecule has 0 aliphatic carbocycles. The number of benzene rings is 2. The van der Waals surface area contributed by atoms with Crippen LogP contribution in [0.1, 0.15) is 39.9 Å². The van der Waals surface area contributed by atoms with Crippen molar-refractivity contribution in [2.75, 3.05) is 59.5 Å². The molecule has 3 aliphatic rings. The van der Waals surface area contributed by atoms with Crippen molar-refractivity contribution in [1.82, 2.24) is 14.7 Å². The van der Waals surface area contributed by atoms with Gasteiger partial charge >= 0.3 is 0 Å². The Kier molecular flexibility index (Phi) is 8.22. The summed E-state index contributed by atoms with van der Waals surface area (Å²) in [5.41, 5.74) is 4.53. The maximum atomic E-state index is 13.2. The monoisotopic (exact) mass is 493 g/mol. The molecule has 0 saturated carbocycles. The number of methoxy groups -OCH3 is 1. The molecule has 1 atom stereocenters. The number of carbonyl (C=O) groups is 1. The number of aliphatic hydroxyl groups excluding tert-OH is 1. The molecule has 36 heavy (non-hydrogen) atoms. The van der Waals surface area contributed by atoms with Crippen molar-refractivity contribution < 1.29 is 19.4 Å². The minimum atomic E-state index is -0.557. The maximum Gasteiger partial charge on any atom is 0.254 e. The summed E-state index contributed by atoms with van der Waals surface area (Å²) < 4.78 is 11.5. The van der Waals surface area contributed by atoms with E-state index in [1.807, 2.05) is 18.2 Å². The minimum Gasteiger partial charge on any atom is -0.490 e. The molecule has 1 amide bonds. The van der Waals surface area contributed by atoms with Gasteiger partial charge in [-0.05, 0) is 60.6 Å². The number of nitrogens with zero attached hydrogens (tertiary/aromatic N) is 3. The van der Waals surface area contributed by atoms with Crippen LogP contribution in [0, 0.1) is 0 Å². The van der Waals surface area contributed by atoms with E-state index in [9.17, 15) is 9.90 Å². The Labute approximate surface area is 214 Å². The standard InChI is InChI=1S/C29H39N3O4/c1-35-17-16-30-13-10-26(11-14-30)36-27-6-7-28-23(18-27)9-15-32(29(28)34)21-25(33)20-31-12-8-22-4-2-3-5-24(22)19-31/h2-7,18,25-26,33H,8-17,19-21H2,1H3/t25-/m1/s1. The third kappa shape index (κ3) is 6.09. The topological polar surface area (TPSA) is 65.5 Å². The molecule has 5 rings (SSSR count). The van der Waals surface area contributed by atoms with E-state index >= 15 is 0 Å². The van der Waals surface area contributed by atoms with Crippen LogP contribution in [-0.2, 0) is 24.1 Å². The summed E-state index contributed by atoms with van der Waals surface area (Å²) in [4.78, 5) is 19.7. The second-order valence-corrected chi connectivity index (χ2v) is 10.4. The molecule has 0 spiro atoms. The average molecular weight is 494 g/mol. The zero-order valence-electron chi connectivity index (χ0n) is 21.4. The summed E-state index contributed by atoms with van der Waals surface area (Å²) in [7, 11) is 1.74. The first-order valence-corrected chi connectivity index (χ1v) is 13.4. The van der Waals surface area contributed by atoms with Crippen molar-refractivity contribution in [3.63, 3.8) is 0 Å². The molecule has 7 heteroatoms. The molecule has 7 nitrogen and oxygen atoms in total. The summed E-state index contributed by atoms with van der Waals surface area (Å²) in [6.07, 6.45) is 3.48. The van der Waals surface area contributed by atoms with Gasteiger partial charge in [0.15, 0.2) is 0 Å². The Morgan fingerprint density at radius 3 is 2.53 bits per heavy atom. The normalized spacial score (nSPS) is 20.2. The lowest BCUT2D eigenvalue weighted by molar-refractivity contribution is 0.0492. The number of likely N-dealkylation sites (tertiary alicyclic amines) is 1. The summed E-state index contributed by atoms with van der Waals surface area (Å²) in [5, 5.41) is 10.8. The van der Waals surface area contributed by atoms with Crippen LogP contribution in [0.3, 0.4) is 0 Å². The number of carbonyl (C=O) groups excluding carboxylic acids is 1. The number of rotatable bonds is 9. The molecular formula is C29H39N3O4. The number of amides is 1. The van der Waals surface area contributed by atoms with Crippen LogP contribution < -0.4 is 4.74 Å². The fraction of sp³-hybridized carbons (Fsp3) is 0.552. The molecule has 1 saturated heterocycles. The van der Waals surface area contributed by atoms with Crippen LogP contribution in [0.2, 0.25) is 0 Å². The van der Waals surface area contributed by atoms with Crippen LogP contribution in [-0.4, -0.2) is 97.5 Å². The van der Waals surface area contributed by atoms with Crippen molar-refractivity contribution in [3.8, 4) is 5.75 Å². The van der Waals surface area contributed by atoms with E-state index < -0.39 is 6.10 Å². The first-order chi connectivity index (χ1) is 17.6. The first kappa shape index (κ1) is 25.2. The zero-order chi connectivity index (χ0) is 24.9. The highest BCUT2D eigenvalue weighted by Gasteiger charge is 2.28. The summed E-state index contributed by atoms with van der Waals surface area (Å²) >= 11 is 0. The van der Waals surface area contributed by atoms with Gasteiger partial charge < -0.3 is 24.4 Å². The number of fused-ring (bicyclic) bond motifs is 2. The smallest absolute Gasteiger partial charge is 0.254 e. The molecule has 0 unspecified atom stereocenters. The van der Waals surface area contributed by atoms with Gasteiger partial charge in [0.05, 0.1) is 12.7 Å². The molecule has 1 N–H and O–H groups in total. The van der Waals surface area contributed by atoms with Gasteiger partial charge in [0.2, 0.25) is 0 Å². The fourth-order valence-corrected chi connectivity index (χ4v) is 5.74. The molecule has 2 aromatic carbocycles. The molecule has 3 heterocycles. The van der Waals surface area contributed by atoms with Crippen molar-refractivity contribution in [3.05, 3.63) is 64.7 Å². The van der Waals surface area contributed by atoms with E-state index in [-0.39, 0.29) is 12.0 Å². The molecule has 194 valence electrons. The average Bonchev–Trinajstić information content (AvgIpc) is 2.90. The fourth-order valence-electron chi connectivity index (χ4n) is 5.74. The predicted molar refractivity (Wildman–Crippen MR) is 139 cm³/mol. The molecular weight excluding hydrogens is 454 g/mol. The van der Waals surface area contributed by atoms with Crippen LogP contribution in [0.4, 0.5) is 0 Å². The van der Waals surface area contributed by atoms with Crippen LogP contribution in [0.15, 0.2) is 42.5 Å². The van der Waals surface area contributed by atoms with Crippen molar-refractivity contribution in [2.45, 2.75) is 44.4 Å². The molecule has 3 aliphatic heterocycles. The third-order valence-electron chi connectivity index (χ3n) is 7.80. The van der Waals surface area contributed by atoms with E-state index in [0.717, 1.165) is 81.9 Å². The number of ether oxygens (including phenoxy) is 2. The molecule has 0 radical (unpaired) electrons. The van der Waals surface area contributed by atoms with Gasteiger partial charge in [-0.15, -0.1) is 0 Å². The van der Waals surface area contributed by atoms with Gasteiger partial charge in [0.25, 0.3) is 5.91 Å². The van der Waals surface area contributed by atoms with Gasteiger partial charge in [-0.25, -0.2) is 0 Å². The SMILES string of the molecule is COCCN1CCC(Oc2ccc3c(c2)CCN(C[C@H](O)CN2CCc4ccccc4C2)C3=O)CC1. The largest absolute Gasteiger partial charge is 0.490 e. The Morgan fingerprint density at radius 1 is 0.944 bits per heavy atom. The van der Waals surface area contributed by atoms with Gasteiger partial charge in [0, 0.05) is 65.0 Å². The van der Waals surface area contributed by atoms with E-state index in [4.69, 9.17) is 9.47 Å². The van der Waals surface area contributed by atoms with Gasteiger partial charge in [0.1, 0.15) is 11.9 Å². The van der Waals surface area contributed by atoms with E-state index in [0.29, 0.717) is 19.6 Å². The van der Waals surface area contributed by atoms with Crippen LogP contribution in [0.5, 0.6) is 5.75 Å². The molecule has 2 aromatic rings. The summed E-state index contributed by atoms with van der Waals surface area (Å²) in [6.45, 7) is 7.19. The van der Waals surface area contributed by atoms with Crippen LogP contribution in [0.25, 0.3) is 0 Å². The first-order valence-electron chi connectivity index (χ1n) is 13.4. The van der Waals surface area contributed by atoms with E-state index in [2.05, 4.69) is 34.1 Å². The van der Waals surface area contributed by atoms with Crippen molar-refractivity contribution in [2.24, 2.45) is 0 Å². The Balaban J connectivity index is 1.11. The third-order valence-corrected chi connectivity index (χ3v) is 7.80. The zero-order valence-corrected chi connectivity index (χ0v) is 21.4. The number of aliphatic hydroxyl groups is 1. The number of hydrogen-bond donors (Lipinski definition) is 1. The lowest BCUT2D eigenvalue weighted by atomic mass is 9.98. The van der Waals surface area contributed by atoms with E-state index in [1.165, 1.54) is 11.1 Å². The molecule has 0 aromatic heterocycles. The lowest BCUT2D eigenvalue weighted by Crippen LogP contribution is -2.46. The maximum absolute atomic E-state index is 13.2. The number of piperidine rings is 1. The van der Waals surface area contributed by atoms with E-state index in [1.54, 1.807) is 12.0 Å².